The molecule has 0 aliphatic heterocycles. The highest BCUT2D eigenvalue weighted by Crippen LogP contribution is 2.26. The third-order valence-corrected chi connectivity index (χ3v) is 1.20. The van der Waals surface area contributed by atoms with Gasteiger partial charge in [0.15, 0.2) is 0 Å². The molecule has 0 aliphatic rings. The Morgan fingerprint density at radius 3 is 2.40 bits per heavy atom. The molecule has 10 heavy (non-hydrogen) atoms. The molecule has 0 aromatic carbocycles. The first-order valence-corrected chi connectivity index (χ1v) is 4.70. The Labute approximate surface area is 61.3 Å². The number of carbonyl (C=O) groups is 1. The summed E-state index contributed by atoms with van der Waals surface area (Å²) in [6.45, 7) is 2.20. The van der Waals surface area contributed by atoms with Gasteiger partial charge >= 0.3 is 6.03 Å². The minimum absolute atomic E-state index is 0.460. The van der Waals surface area contributed by atoms with Gasteiger partial charge in [-0.1, -0.05) is 0 Å². The average Bonchev–Trinajstić information content (AvgIpc) is 1.59. The minimum atomic E-state index is -2.91. The van der Waals surface area contributed by atoms with Gasteiger partial charge in [0.25, 0.3) is 0 Å². The fraction of sp³-hybridized carbons (Fsp3) is 0.750. The molecule has 0 rings (SSSR count). The molecule has 0 saturated carbocycles. The van der Waals surface area contributed by atoms with Gasteiger partial charge in [-0.05, 0) is 6.92 Å². The van der Waals surface area contributed by atoms with E-state index in [-0.39, 0.29) is 0 Å². The van der Waals surface area contributed by atoms with Crippen LogP contribution in [0.3, 0.4) is 0 Å². The second-order valence-electron chi connectivity index (χ2n) is 1.80. The Morgan fingerprint density at radius 2 is 2.10 bits per heavy atom. The van der Waals surface area contributed by atoms with Crippen molar-refractivity contribution in [2.75, 3.05) is 12.8 Å². The van der Waals surface area contributed by atoms with Crippen LogP contribution in [0, 0.1) is 0 Å². The molecule has 0 unspecified atom stereocenters. The topological polar surface area (TPSA) is 81.6 Å². The molecule has 0 heterocycles. The van der Waals surface area contributed by atoms with E-state index in [4.69, 9.17) is 9.11 Å². The lowest BCUT2D eigenvalue weighted by molar-refractivity contribution is 0.245. The monoisotopic (exact) mass is 168 g/mol. The van der Waals surface area contributed by atoms with Crippen molar-refractivity contribution >= 4 is 16.8 Å². The van der Waals surface area contributed by atoms with E-state index >= 15 is 0 Å². The molecule has 0 aliphatic carbocycles. The number of nitrogens with one attached hydrogen (secondary N) is 2. The van der Waals surface area contributed by atoms with Gasteiger partial charge in [-0.3, -0.25) is 9.11 Å². The molecule has 0 fully saturated rings. The van der Waals surface area contributed by atoms with Gasteiger partial charge < -0.3 is 5.32 Å². The lowest BCUT2D eigenvalue weighted by Gasteiger charge is -2.26. The van der Waals surface area contributed by atoms with Crippen LogP contribution in [0.5, 0.6) is 0 Å². The lowest BCUT2D eigenvalue weighted by Crippen LogP contribution is -2.36. The average molecular weight is 168 g/mol. The lowest BCUT2D eigenvalue weighted by atomic mass is 10.7. The molecule has 0 saturated heterocycles. The first-order valence-electron chi connectivity index (χ1n) is 2.74. The Hall–Kier alpha value is -0.460. The van der Waals surface area contributed by atoms with E-state index in [0.29, 0.717) is 6.54 Å². The van der Waals surface area contributed by atoms with Crippen LogP contribution in [-0.2, 0) is 0 Å². The number of amides is 2. The first-order chi connectivity index (χ1) is 4.45. The summed E-state index contributed by atoms with van der Waals surface area (Å²) >= 11 is 0. The summed E-state index contributed by atoms with van der Waals surface area (Å²) in [6.07, 6.45) is 1.14. The summed E-state index contributed by atoms with van der Waals surface area (Å²) < 4.78 is 19.3. The summed E-state index contributed by atoms with van der Waals surface area (Å²) in [5.74, 6) is 0. The third kappa shape index (κ3) is 5.67. The number of rotatable bonds is 2. The summed E-state index contributed by atoms with van der Waals surface area (Å²) in [4.78, 5) is 10.5. The molecule has 62 valence electrons. The van der Waals surface area contributed by atoms with Crippen molar-refractivity contribution in [3.63, 3.8) is 0 Å². The van der Waals surface area contributed by atoms with Gasteiger partial charge in [0, 0.05) is 12.8 Å². The van der Waals surface area contributed by atoms with Crippen LogP contribution >= 0.6 is 10.8 Å². The Morgan fingerprint density at radius 1 is 1.60 bits per heavy atom. The predicted molar refractivity (Wildman–Crippen MR) is 41.0 cm³/mol. The number of urea groups is 1. The molecular weight excluding hydrogens is 156 g/mol. The summed E-state index contributed by atoms with van der Waals surface area (Å²) in [7, 11) is -2.91. The van der Waals surface area contributed by atoms with Crippen LogP contribution < -0.4 is 10.0 Å². The van der Waals surface area contributed by atoms with Crippen LogP contribution in [0.25, 0.3) is 0 Å². The highest BCUT2D eigenvalue weighted by molar-refractivity contribution is 8.22. The largest absolute Gasteiger partial charge is 0.337 e. The fourth-order valence-electron chi connectivity index (χ4n) is 0.372. The van der Waals surface area contributed by atoms with Crippen molar-refractivity contribution in [3.05, 3.63) is 0 Å². The van der Waals surface area contributed by atoms with E-state index in [2.05, 4.69) is 5.32 Å². The standard InChI is InChI=1S/C4H12N2O3S/c1-3-5-4(7)6-10(2,8)9/h8-9H,3H2,1-2H3,(H2,5,6,7). The molecule has 0 spiro atoms. The van der Waals surface area contributed by atoms with E-state index in [1.165, 1.54) is 0 Å². The van der Waals surface area contributed by atoms with Gasteiger partial charge in [-0.25, -0.2) is 9.52 Å². The normalized spacial score (nSPS) is 12.4. The minimum Gasteiger partial charge on any atom is -0.337 e. The predicted octanol–water partition coefficient (Wildman–Crippen LogP) is 0.601. The van der Waals surface area contributed by atoms with E-state index < -0.39 is 16.8 Å². The highest BCUT2D eigenvalue weighted by atomic mass is 32.3. The zero-order valence-corrected chi connectivity index (χ0v) is 6.73. The number of hydrogen-bond donors (Lipinski definition) is 4. The van der Waals surface area contributed by atoms with Gasteiger partial charge in [0.05, 0.1) is 0 Å². The molecule has 0 bridgehead atoms. The van der Waals surface area contributed by atoms with E-state index in [1.807, 2.05) is 4.72 Å². The molecule has 0 atom stereocenters. The van der Waals surface area contributed by atoms with Crippen molar-refractivity contribution in [1.29, 1.82) is 0 Å². The van der Waals surface area contributed by atoms with Crippen molar-refractivity contribution in [1.82, 2.24) is 10.0 Å². The van der Waals surface area contributed by atoms with Crippen LogP contribution in [-0.4, -0.2) is 27.9 Å². The molecule has 2 amide bonds. The smallest absolute Gasteiger partial charge is 0.333 e. The second kappa shape index (κ2) is 3.65. The molecular formula is C4H12N2O3S. The molecule has 0 radical (unpaired) electrons. The summed E-state index contributed by atoms with van der Waals surface area (Å²) in [6, 6.07) is -0.565. The maximum Gasteiger partial charge on any atom is 0.333 e. The van der Waals surface area contributed by atoms with Crippen LogP contribution in [0.15, 0.2) is 0 Å². The van der Waals surface area contributed by atoms with Crippen LogP contribution in [0.1, 0.15) is 6.92 Å². The van der Waals surface area contributed by atoms with Crippen molar-refractivity contribution in [3.8, 4) is 0 Å². The van der Waals surface area contributed by atoms with Gasteiger partial charge in [0.2, 0.25) is 0 Å². The Balaban J connectivity index is 3.58. The van der Waals surface area contributed by atoms with Crippen LogP contribution in [0.2, 0.25) is 0 Å². The zero-order valence-electron chi connectivity index (χ0n) is 5.92. The van der Waals surface area contributed by atoms with E-state index in [1.54, 1.807) is 6.92 Å². The Bertz CT molecular complexity index is 122. The van der Waals surface area contributed by atoms with Crippen molar-refractivity contribution in [2.45, 2.75) is 6.92 Å². The SMILES string of the molecule is CCNC(=O)NS(C)(O)O. The molecule has 6 heteroatoms. The first kappa shape index (κ1) is 9.54. The van der Waals surface area contributed by atoms with E-state index in [0.717, 1.165) is 6.26 Å². The summed E-state index contributed by atoms with van der Waals surface area (Å²) in [5.41, 5.74) is 0. The fourth-order valence-corrected chi connectivity index (χ4v) is 0.796. The van der Waals surface area contributed by atoms with Gasteiger partial charge in [-0.2, -0.15) is 0 Å². The quantitative estimate of drug-likeness (QED) is 0.487. The molecule has 5 nitrogen and oxygen atoms in total. The van der Waals surface area contributed by atoms with Gasteiger partial charge in [-0.15, -0.1) is 10.8 Å². The second-order valence-corrected chi connectivity index (χ2v) is 3.67. The van der Waals surface area contributed by atoms with Crippen molar-refractivity contribution in [2.24, 2.45) is 0 Å². The zero-order chi connectivity index (χ0) is 8.20. The maximum atomic E-state index is 10.5. The Kier molecular flexibility index (Phi) is 3.48. The van der Waals surface area contributed by atoms with Gasteiger partial charge in [0.1, 0.15) is 0 Å². The molecule has 0 aromatic heterocycles. The summed E-state index contributed by atoms with van der Waals surface area (Å²) in [5, 5.41) is 2.35. The molecule has 0 aromatic rings. The molecule has 4 N–H and O–H groups in total. The number of hydrogen-bond acceptors (Lipinski definition) is 3. The van der Waals surface area contributed by atoms with Crippen molar-refractivity contribution < 1.29 is 13.9 Å². The highest BCUT2D eigenvalue weighted by Gasteiger charge is 2.06. The van der Waals surface area contributed by atoms with E-state index in [9.17, 15) is 4.79 Å². The third-order valence-electron chi connectivity index (χ3n) is 0.623. The number of carbonyl (C=O) groups excluding carboxylic acids is 1. The maximum absolute atomic E-state index is 10.5. The van der Waals surface area contributed by atoms with Crippen LogP contribution in [0.4, 0.5) is 4.79 Å².